The fraction of sp³-hybridized carbons (Fsp3) is 0.0500. The Hall–Kier alpha value is -7.79. The van der Waals surface area contributed by atoms with E-state index in [0.717, 1.165) is 0 Å². The molecule has 0 radical (unpaired) electrons. The number of fused-ring (bicyclic) bond motifs is 20. The van der Waals surface area contributed by atoms with E-state index in [1.165, 1.54) is 26.0 Å². The highest BCUT2D eigenvalue weighted by molar-refractivity contribution is 6.13. The van der Waals surface area contributed by atoms with Crippen LogP contribution in [-0.2, 0) is 0 Å². The number of aryl methyl sites for hydroxylation is 2. The standard InChI is InChI=1S/C40H12F15N9/c1-7-4-3-5-8(2)31(7)56-32-17-14(22(46)29(53)30(32)54)36-58-33-9-6-10(41)18(42)19(43)11(9)34(57-33)62-39-15-16(24(48)28(52)27(51)23(15)47)40(64(39)55)63-37-13-12(35(59-37)60-38(17)61-36)20(44)25(49)26(50)21(13)45/h3-6,56H,1-2H3,(H,57,58,59,60,61,62,63). The SMILES string of the molecule is Cc1cccc(C)c1Nc1c(F)c(F)c(F)c2c3nc4nc(nc5c6c(F)c(F)c(F)c(F)c6c(nc6nc(nc([nH]3)c12)-c1c(F)c(F)c(F)c(F)c1-6)n5F)-c1c-4cc(F)c(F)c1F. The number of nitrogens with zero attached hydrogens (tertiary/aromatic N) is 7. The Morgan fingerprint density at radius 2 is 0.875 bits per heavy atom. The molecule has 5 aromatic carbocycles. The van der Waals surface area contributed by atoms with Crippen molar-refractivity contribution in [2.24, 2.45) is 0 Å². The lowest BCUT2D eigenvalue weighted by Gasteiger charge is -2.15. The molecule has 0 saturated heterocycles. The van der Waals surface area contributed by atoms with Gasteiger partial charge in [-0.3, -0.25) is 0 Å². The number of H-pyrrole nitrogens is 1. The number of hydrogen-bond donors (Lipinski definition) is 2. The Morgan fingerprint density at radius 1 is 0.438 bits per heavy atom. The number of aromatic nitrogens is 8. The zero-order valence-electron chi connectivity index (χ0n) is 31.1. The summed E-state index contributed by atoms with van der Waals surface area (Å²) in [5.41, 5.74) is -10.6. The van der Waals surface area contributed by atoms with E-state index < -0.39 is 182 Å². The fourth-order valence-corrected chi connectivity index (χ4v) is 7.54. The van der Waals surface area contributed by atoms with Gasteiger partial charge in [-0.2, -0.15) is 0 Å². The van der Waals surface area contributed by atoms with E-state index in [0.29, 0.717) is 11.1 Å². The molecule has 10 rings (SSSR count). The van der Waals surface area contributed by atoms with E-state index in [2.05, 4.69) is 40.2 Å². The van der Waals surface area contributed by atoms with E-state index >= 15 is 39.6 Å². The summed E-state index contributed by atoms with van der Waals surface area (Å²) in [5, 5.41) is -2.69. The first-order valence-electron chi connectivity index (χ1n) is 17.8. The van der Waals surface area contributed by atoms with Crippen molar-refractivity contribution in [3.63, 3.8) is 0 Å². The second-order valence-corrected chi connectivity index (χ2v) is 14.1. The van der Waals surface area contributed by atoms with Crippen molar-refractivity contribution >= 4 is 55.5 Å². The molecule has 5 heterocycles. The number of nitrogens with one attached hydrogen (secondary N) is 2. The fourth-order valence-electron chi connectivity index (χ4n) is 7.54. The Morgan fingerprint density at radius 3 is 1.45 bits per heavy atom. The molecule has 0 amide bonds. The van der Waals surface area contributed by atoms with Crippen molar-refractivity contribution in [3.05, 3.63) is 117 Å². The monoisotopic (exact) mass is 903 g/mol. The topological polar surface area (TPSA) is 110 Å². The summed E-state index contributed by atoms with van der Waals surface area (Å²) in [7, 11) is 0. The first-order valence-corrected chi connectivity index (χ1v) is 17.8. The lowest BCUT2D eigenvalue weighted by Crippen LogP contribution is -2.03. The predicted molar refractivity (Wildman–Crippen MR) is 195 cm³/mol. The zero-order valence-corrected chi connectivity index (χ0v) is 31.1. The van der Waals surface area contributed by atoms with Crippen LogP contribution in [0.2, 0.25) is 0 Å². The quantitative estimate of drug-likeness (QED) is 0.101. The molecule has 2 N–H and O–H groups in total. The normalized spacial score (nSPS) is 12.1. The first kappa shape index (κ1) is 40.3. The second kappa shape index (κ2) is 13.6. The van der Waals surface area contributed by atoms with Gasteiger partial charge in [0, 0.05) is 11.3 Å². The largest absolute Gasteiger partial charge is 0.352 e. The minimum absolute atomic E-state index is 0.0879. The second-order valence-electron chi connectivity index (χ2n) is 14.1. The third-order valence-electron chi connectivity index (χ3n) is 10.5. The van der Waals surface area contributed by atoms with Crippen LogP contribution in [0.1, 0.15) is 11.1 Å². The summed E-state index contributed by atoms with van der Waals surface area (Å²) in [5.74, 6) is -37.4. The maximum Gasteiger partial charge on any atom is 0.198 e. The van der Waals surface area contributed by atoms with Gasteiger partial charge in [-0.15, -0.1) is 4.79 Å². The molecule has 64 heavy (non-hydrogen) atoms. The predicted octanol–water partition coefficient (Wildman–Crippen LogP) is 11.4. The van der Waals surface area contributed by atoms with Crippen molar-refractivity contribution in [2.75, 3.05) is 5.32 Å². The average molecular weight is 904 g/mol. The van der Waals surface area contributed by atoms with E-state index in [-0.39, 0.29) is 11.8 Å². The lowest BCUT2D eigenvalue weighted by molar-refractivity contribution is 0.398. The molecule has 0 aliphatic carbocycles. The molecule has 8 aromatic rings. The smallest absolute Gasteiger partial charge is 0.198 e. The Balaban J connectivity index is 1.50. The van der Waals surface area contributed by atoms with Gasteiger partial charge in [-0.1, -0.05) is 22.7 Å². The van der Waals surface area contributed by atoms with Gasteiger partial charge in [0.2, 0.25) is 0 Å². The van der Waals surface area contributed by atoms with Crippen molar-refractivity contribution in [3.8, 4) is 45.6 Å². The van der Waals surface area contributed by atoms with Gasteiger partial charge in [-0.25, -0.2) is 91.4 Å². The number of aromatic amines is 1. The molecule has 2 aliphatic rings. The number of rotatable bonds is 2. The van der Waals surface area contributed by atoms with E-state index in [1.807, 2.05) is 0 Å². The van der Waals surface area contributed by atoms with Gasteiger partial charge in [0.25, 0.3) is 0 Å². The lowest BCUT2D eigenvalue weighted by atomic mass is 10.1. The average Bonchev–Trinajstić information content (AvgIpc) is 3.98. The maximum atomic E-state index is 16.6. The van der Waals surface area contributed by atoms with Crippen LogP contribution >= 0.6 is 0 Å². The highest BCUT2D eigenvalue weighted by Crippen LogP contribution is 2.45. The molecule has 0 unspecified atom stereocenters. The van der Waals surface area contributed by atoms with Crippen molar-refractivity contribution in [1.82, 2.24) is 39.7 Å². The van der Waals surface area contributed by atoms with Crippen LogP contribution in [-0.4, -0.2) is 39.7 Å². The Kier molecular flexibility index (Phi) is 8.56. The van der Waals surface area contributed by atoms with Crippen molar-refractivity contribution < 1.29 is 65.9 Å². The number of anilines is 2. The molecular formula is C40H12F15N9. The Bertz CT molecular complexity index is 3680. The van der Waals surface area contributed by atoms with Gasteiger partial charge in [0.05, 0.1) is 43.9 Å². The number of halogens is 15. The molecule has 0 spiro atoms. The third-order valence-corrected chi connectivity index (χ3v) is 10.5. The minimum atomic E-state index is -2.61. The van der Waals surface area contributed by atoms with Crippen molar-refractivity contribution in [1.29, 1.82) is 0 Å². The maximum absolute atomic E-state index is 16.6. The highest BCUT2D eigenvalue weighted by Gasteiger charge is 2.37. The Labute approximate surface area is 342 Å². The van der Waals surface area contributed by atoms with Crippen LogP contribution in [0, 0.1) is 95.3 Å². The van der Waals surface area contributed by atoms with Crippen LogP contribution in [0.15, 0.2) is 24.3 Å². The van der Waals surface area contributed by atoms with E-state index in [1.54, 1.807) is 6.07 Å². The van der Waals surface area contributed by atoms with Crippen LogP contribution in [0.4, 0.5) is 77.3 Å². The molecule has 2 aliphatic heterocycles. The zero-order chi connectivity index (χ0) is 45.7. The van der Waals surface area contributed by atoms with Gasteiger partial charge in [0.15, 0.2) is 116 Å². The number of benzene rings is 5. The summed E-state index contributed by atoms with van der Waals surface area (Å²) in [6.45, 7) is 3.05. The number of para-hydroxylation sites is 1. The van der Waals surface area contributed by atoms with Crippen LogP contribution in [0.3, 0.4) is 0 Å². The summed E-state index contributed by atoms with van der Waals surface area (Å²) in [4.78, 5) is 23.9. The first-order chi connectivity index (χ1) is 30.3. The summed E-state index contributed by atoms with van der Waals surface area (Å²) < 4.78 is 232. The summed E-state index contributed by atoms with van der Waals surface area (Å²) in [6.07, 6.45) is 0. The third kappa shape index (κ3) is 5.30. The molecule has 9 nitrogen and oxygen atoms in total. The van der Waals surface area contributed by atoms with Crippen LogP contribution in [0.25, 0.3) is 89.7 Å². The van der Waals surface area contributed by atoms with Gasteiger partial charge in [0.1, 0.15) is 11.3 Å². The molecule has 8 bridgehead atoms. The highest BCUT2D eigenvalue weighted by atomic mass is 19.2. The minimum Gasteiger partial charge on any atom is -0.352 e. The van der Waals surface area contributed by atoms with Crippen LogP contribution < -0.4 is 5.32 Å². The summed E-state index contributed by atoms with van der Waals surface area (Å²) in [6, 6.07) is 4.87. The van der Waals surface area contributed by atoms with Gasteiger partial charge < -0.3 is 10.3 Å². The molecule has 0 saturated carbocycles. The molecular weight excluding hydrogens is 891 g/mol. The van der Waals surface area contributed by atoms with E-state index in [9.17, 15) is 26.3 Å². The number of hydrogen-bond acceptors (Lipinski definition) is 7. The van der Waals surface area contributed by atoms with Crippen LogP contribution in [0.5, 0.6) is 0 Å². The van der Waals surface area contributed by atoms with E-state index in [4.69, 9.17) is 0 Å². The molecule has 322 valence electrons. The molecule has 24 heteroatoms. The molecule has 3 aromatic heterocycles. The summed E-state index contributed by atoms with van der Waals surface area (Å²) >= 11 is 0. The molecule has 0 atom stereocenters. The van der Waals surface area contributed by atoms with Gasteiger partial charge >= 0.3 is 0 Å². The van der Waals surface area contributed by atoms with Gasteiger partial charge in [-0.05, 0) is 31.0 Å². The van der Waals surface area contributed by atoms with Crippen molar-refractivity contribution in [2.45, 2.75) is 13.8 Å². The molecule has 0 fully saturated rings.